The predicted molar refractivity (Wildman–Crippen MR) is 120 cm³/mol. The van der Waals surface area contributed by atoms with Crippen LogP contribution in [-0.2, 0) is 26.3 Å². The summed E-state index contributed by atoms with van der Waals surface area (Å²) in [6.07, 6.45) is 0.596. The number of carbonyl (C=O) groups is 3. The molecular formula is C24H24BrN3O3. The molecule has 2 aromatic rings. The van der Waals surface area contributed by atoms with Crippen molar-refractivity contribution in [2.24, 2.45) is 17.8 Å². The second-order valence-corrected chi connectivity index (χ2v) is 9.85. The van der Waals surface area contributed by atoms with Crippen LogP contribution in [0.2, 0.25) is 0 Å². The van der Waals surface area contributed by atoms with Crippen molar-refractivity contribution in [1.29, 1.82) is 0 Å². The topological polar surface area (TPSA) is 78.5 Å². The first-order chi connectivity index (χ1) is 14.8. The Morgan fingerprint density at radius 3 is 2.52 bits per heavy atom. The van der Waals surface area contributed by atoms with Crippen LogP contribution in [-0.4, -0.2) is 35.2 Å². The summed E-state index contributed by atoms with van der Waals surface area (Å²) in [4.78, 5) is 41.9. The van der Waals surface area contributed by atoms with Crippen molar-refractivity contribution in [3.63, 3.8) is 0 Å². The molecule has 2 fully saturated rings. The summed E-state index contributed by atoms with van der Waals surface area (Å²) < 4.78 is 0.825. The van der Waals surface area contributed by atoms with Gasteiger partial charge in [0.25, 0.3) is 0 Å². The zero-order valence-electron chi connectivity index (χ0n) is 17.4. The van der Waals surface area contributed by atoms with E-state index < -0.39 is 17.4 Å². The summed E-state index contributed by atoms with van der Waals surface area (Å²) in [5, 5.41) is 6.39. The number of likely N-dealkylation sites (tertiary alicyclic amines) is 1. The number of fused-ring (bicyclic) bond motifs is 4. The van der Waals surface area contributed by atoms with E-state index in [4.69, 9.17) is 0 Å². The molecule has 4 atom stereocenters. The zero-order valence-corrected chi connectivity index (χ0v) is 19.0. The van der Waals surface area contributed by atoms with Gasteiger partial charge in [-0.25, -0.2) is 0 Å². The molecule has 0 saturated carbocycles. The molecular weight excluding hydrogens is 458 g/mol. The van der Waals surface area contributed by atoms with Crippen molar-refractivity contribution >= 4 is 39.3 Å². The SMILES string of the molecule is CC(C)[C@H]1N[C@]2(C(=O)Nc3ccc(Br)cc32)[C@@H]2C(=O)N(CCc3ccccc3)C(=O)[C@H]12. The average Bonchev–Trinajstić information content (AvgIpc) is 3.33. The van der Waals surface area contributed by atoms with E-state index in [9.17, 15) is 14.4 Å². The highest BCUT2D eigenvalue weighted by Gasteiger charge is 2.70. The van der Waals surface area contributed by atoms with Gasteiger partial charge in [-0.15, -0.1) is 0 Å². The van der Waals surface area contributed by atoms with Gasteiger partial charge in [0.2, 0.25) is 17.7 Å². The van der Waals surface area contributed by atoms with Crippen molar-refractivity contribution in [2.75, 3.05) is 11.9 Å². The minimum Gasteiger partial charge on any atom is -0.324 e. The quantitative estimate of drug-likeness (QED) is 0.657. The maximum absolute atomic E-state index is 13.7. The number of amides is 3. The summed E-state index contributed by atoms with van der Waals surface area (Å²) >= 11 is 3.49. The lowest BCUT2D eigenvalue weighted by Crippen LogP contribution is -2.54. The number of hydrogen-bond donors (Lipinski definition) is 2. The minimum absolute atomic E-state index is 0.0849. The Morgan fingerprint density at radius 1 is 1.06 bits per heavy atom. The van der Waals surface area contributed by atoms with Crippen LogP contribution in [0.15, 0.2) is 53.0 Å². The van der Waals surface area contributed by atoms with Gasteiger partial charge in [0.15, 0.2) is 0 Å². The van der Waals surface area contributed by atoms with Gasteiger partial charge in [-0.05, 0) is 36.1 Å². The van der Waals surface area contributed by atoms with Crippen LogP contribution in [0.1, 0.15) is 25.0 Å². The predicted octanol–water partition coefficient (Wildman–Crippen LogP) is 3.07. The van der Waals surface area contributed by atoms with Gasteiger partial charge in [-0.2, -0.15) is 0 Å². The van der Waals surface area contributed by atoms with Crippen LogP contribution in [0.3, 0.4) is 0 Å². The highest BCUT2D eigenvalue weighted by Crippen LogP contribution is 2.54. The maximum Gasteiger partial charge on any atom is 0.250 e. The highest BCUT2D eigenvalue weighted by atomic mass is 79.9. The summed E-state index contributed by atoms with van der Waals surface area (Å²) in [6.45, 7) is 4.36. The van der Waals surface area contributed by atoms with Crippen LogP contribution >= 0.6 is 15.9 Å². The third-order valence-corrected chi connectivity index (χ3v) is 7.38. The van der Waals surface area contributed by atoms with Crippen molar-refractivity contribution < 1.29 is 14.4 Å². The van der Waals surface area contributed by atoms with Crippen LogP contribution < -0.4 is 10.6 Å². The Balaban J connectivity index is 1.55. The Bertz CT molecular complexity index is 1090. The van der Waals surface area contributed by atoms with E-state index in [1.165, 1.54) is 4.90 Å². The molecule has 3 heterocycles. The van der Waals surface area contributed by atoms with Crippen molar-refractivity contribution in [3.8, 4) is 0 Å². The number of hydrogen-bond acceptors (Lipinski definition) is 4. The molecule has 0 aliphatic carbocycles. The van der Waals surface area contributed by atoms with Gasteiger partial charge in [0.05, 0.1) is 11.8 Å². The molecule has 2 N–H and O–H groups in total. The molecule has 0 unspecified atom stereocenters. The normalized spacial score (nSPS) is 29.1. The number of benzene rings is 2. The van der Waals surface area contributed by atoms with Gasteiger partial charge in [0.1, 0.15) is 5.54 Å². The minimum atomic E-state index is -1.23. The second-order valence-electron chi connectivity index (χ2n) is 8.93. The molecule has 31 heavy (non-hydrogen) atoms. The maximum atomic E-state index is 13.7. The number of imide groups is 1. The van der Waals surface area contributed by atoms with E-state index in [1.807, 2.05) is 62.4 Å². The number of carbonyl (C=O) groups excluding carboxylic acids is 3. The lowest BCUT2D eigenvalue weighted by Gasteiger charge is -2.30. The van der Waals surface area contributed by atoms with Crippen LogP contribution in [0.4, 0.5) is 5.69 Å². The summed E-state index contributed by atoms with van der Waals surface area (Å²) in [7, 11) is 0. The Hall–Kier alpha value is -2.51. The first-order valence-corrected chi connectivity index (χ1v) is 11.4. The summed E-state index contributed by atoms with van der Waals surface area (Å²) in [6, 6.07) is 15.1. The molecule has 160 valence electrons. The molecule has 3 amide bonds. The lowest BCUT2D eigenvalue weighted by atomic mass is 9.76. The standard InChI is InChI=1S/C24H24BrN3O3/c1-13(2)20-18-19(22(30)28(21(18)29)11-10-14-6-4-3-5-7-14)24(27-20)16-12-15(25)8-9-17(16)26-23(24)31/h3-9,12-13,18-20,27H,10-11H2,1-2H3,(H,26,31)/t18-,19-,20+,24-/m0/s1. The fraction of sp³-hybridized carbons (Fsp3) is 0.375. The van der Waals surface area contributed by atoms with E-state index in [-0.39, 0.29) is 29.7 Å². The number of halogens is 1. The van der Waals surface area contributed by atoms with E-state index in [0.29, 0.717) is 18.7 Å². The lowest BCUT2D eigenvalue weighted by molar-refractivity contribution is -0.142. The average molecular weight is 482 g/mol. The van der Waals surface area contributed by atoms with Crippen LogP contribution in [0.25, 0.3) is 0 Å². The molecule has 6 nitrogen and oxygen atoms in total. The fourth-order valence-corrected chi connectivity index (χ4v) is 5.81. The van der Waals surface area contributed by atoms with Gasteiger partial charge >= 0.3 is 0 Å². The van der Waals surface area contributed by atoms with Gasteiger partial charge in [-0.3, -0.25) is 24.6 Å². The Kier molecular flexibility index (Phi) is 4.79. The molecule has 2 aromatic carbocycles. The first kappa shape index (κ1) is 20.4. The summed E-state index contributed by atoms with van der Waals surface area (Å²) in [5.74, 6) is -1.92. The van der Waals surface area contributed by atoms with E-state index in [1.54, 1.807) is 0 Å². The first-order valence-electron chi connectivity index (χ1n) is 10.6. The molecule has 0 bridgehead atoms. The van der Waals surface area contributed by atoms with Gasteiger partial charge in [0, 0.05) is 28.3 Å². The number of anilines is 1. The van der Waals surface area contributed by atoms with E-state index in [0.717, 1.165) is 15.6 Å². The van der Waals surface area contributed by atoms with Crippen molar-refractivity contribution in [2.45, 2.75) is 31.8 Å². The van der Waals surface area contributed by atoms with Gasteiger partial charge in [-0.1, -0.05) is 60.1 Å². The van der Waals surface area contributed by atoms with Crippen LogP contribution in [0, 0.1) is 17.8 Å². The number of rotatable bonds is 4. The summed E-state index contributed by atoms with van der Waals surface area (Å²) in [5.41, 5.74) is 1.26. The van der Waals surface area contributed by atoms with Crippen molar-refractivity contribution in [1.82, 2.24) is 10.2 Å². The Morgan fingerprint density at radius 2 is 1.81 bits per heavy atom. The molecule has 2 saturated heterocycles. The molecule has 3 aliphatic heterocycles. The number of nitrogens with zero attached hydrogens (tertiary/aromatic N) is 1. The third-order valence-electron chi connectivity index (χ3n) is 6.89. The molecule has 0 aromatic heterocycles. The number of nitrogens with one attached hydrogen (secondary N) is 2. The van der Waals surface area contributed by atoms with Crippen molar-refractivity contribution in [3.05, 3.63) is 64.1 Å². The molecule has 5 rings (SSSR count). The smallest absolute Gasteiger partial charge is 0.250 e. The fourth-order valence-electron chi connectivity index (χ4n) is 5.44. The highest BCUT2D eigenvalue weighted by molar-refractivity contribution is 9.10. The third kappa shape index (κ3) is 2.90. The zero-order chi connectivity index (χ0) is 21.9. The Labute approximate surface area is 189 Å². The molecule has 1 spiro atoms. The largest absolute Gasteiger partial charge is 0.324 e. The molecule has 7 heteroatoms. The van der Waals surface area contributed by atoms with Gasteiger partial charge < -0.3 is 5.32 Å². The monoisotopic (exact) mass is 481 g/mol. The van der Waals surface area contributed by atoms with E-state index in [2.05, 4.69) is 26.6 Å². The molecule has 3 aliphatic rings. The van der Waals surface area contributed by atoms with Crippen LogP contribution in [0.5, 0.6) is 0 Å². The van der Waals surface area contributed by atoms with E-state index >= 15 is 0 Å². The molecule has 0 radical (unpaired) electrons. The second kappa shape index (κ2) is 7.28.